The van der Waals surface area contributed by atoms with Crippen LogP contribution < -0.4 is 16.4 Å². The van der Waals surface area contributed by atoms with Crippen LogP contribution in [-0.2, 0) is 20.8 Å². The molecule has 0 aliphatic heterocycles. The third-order valence-corrected chi connectivity index (χ3v) is 4.71. The van der Waals surface area contributed by atoms with Crippen LogP contribution >= 0.6 is 0 Å². The molecule has 8 heteroatoms. The highest BCUT2D eigenvalue weighted by Gasteiger charge is 2.33. The highest BCUT2D eigenvalue weighted by molar-refractivity contribution is 5.92. The first-order chi connectivity index (χ1) is 13.2. The van der Waals surface area contributed by atoms with E-state index in [1.54, 1.807) is 6.20 Å². The number of likely N-dealkylation sites (N-methyl/N-ethyl adjacent to an activating group) is 1. The standard InChI is InChI=1S/C20H28N4O4/c1-11(2)8-14(17(25)18(21)26)19(27)24-16(20(28)22-3)9-12-10-23-15-7-5-4-6-13(12)15/h4-7,10-11,14,16-17,23,25H,8-9H2,1-3H3,(H2,21,26)(H,22,28)(H,24,27). The first-order valence-electron chi connectivity index (χ1n) is 9.28. The van der Waals surface area contributed by atoms with E-state index in [0.29, 0.717) is 0 Å². The van der Waals surface area contributed by atoms with Crippen LogP contribution in [0.2, 0.25) is 0 Å². The van der Waals surface area contributed by atoms with Gasteiger partial charge in [0.1, 0.15) is 12.1 Å². The number of hydrogen-bond donors (Lipinski definition) is 5. The van der Waals surface area contributed by atoms with Crippen LogP contribution in [0.15, 0.2) is 30.5 Å². The number of nitrogens with two attached hydrogens (primary N) is 1. The Morgan fingerprint density at radius 3 is 2.46 bits per heavy atom. The Balaban J connectivity index is 2.23. The Morgan fingerprint density at radius 2 is 1.86 bits per heavy atom. The zero-order chi connectivity index (χ0) is 20.8. The lowest BCUT2D eigenvalue weighted by atomic mass is 9.90. The van der Waals surface area contributed by atoms with Crippen LogP contribution in [0.4, 0.5) is 0 Å². The zero-order valence-electron chi connectivity index (χ0n) is 16.4. The average molecular weight is 388 g/mol. The van der Waals surface area contributed by atoms with Gasteiger partial charge in [0, 0.05) is 30.6 Å². The number of carbonyl (C=O) groups is 3. The summed E-state index contributed by atoms with van der Waals surface area (Å²) >= 11 is 0. The molecule has 0 aliphatic carbocycles. The molecule has 2 aromatic rings. The van der Waals surface area contributed by atoms with Crippen LogP contribution in [0.5, 0.6) is 0 Å². The minimum Gasteiger partial charge on any atom is -0.382 e. The molecule has 1 heterocycles. The van der Waals surface area contributed by atoms with Crippen molar-refractivity contribution in [3.8, 4) is 0 Å². The van der Waals surface area contributed by atoms with E-state index >= 15 is 0 Å². The van der Waals surface area contributed by atoms with Crippen LogP contribution in [0.3, 0.4) is 0 Å². The number of aliphatic hydroxyl groups is 1. The quantitative estimate of drug-likeness (QED) is 0.426. The number of para-hydroxylation sites is 1. The number of benzene rings is 1. The molecular weight excluding hydrogens is 360 g/mol. The highest BCUT2D eigenvalue weighted by atomic mass is 16.3. The Morgan fingerprint density at radius 1 is 1.18 bits per heavy atom. The van der Waals surface area contributed by atoms with E-state index in [4.69, 9.17) is 5.73 Å². The van der Waals surface area contributed by atoms with Crippen molar-refractivity contribution in [2.75, 3.05) is 7.05 Å². The van der Waals surface area contributed by atoms with Gasteiger partial charge in [-0.15, -0.1) is 0 Å². The summed E-state index contributed by atoms with van der Waals surface area (Å²) in [6, 6.07) is 6.81. The Kier molecular flexibility index (Phi) is 7.17. The van der Waals surface area contributed by atoms with Gasteiger partial charge in [0.2, 0.25) is 17.7 Å². The number of carbonyl (C=O) groups excluding carboxylic acids is 3. The molecule has 3 unspecified atom stereocenters. The molecule has 0 aliphatic rings. The van der Waals surface area contributed by atoms with Crippen molar-refractivity contribution in [1.29, 1.82) is 0 Å². The van der Waals surface area contributed by atoms with Crippen LogP contribution in [0.1, 0.15) is 25.8 Å². The second-order valence-electron chi connectivity index (χ2n) is 7.32. The van der Waals surface area contributed by atoms with E-state index in [9.17, 15) is 19.5 Å². The molecule has 0 fully saturated rings. The fraction of sp³-hybridized carbons (Fsp3) is 0.450. The molecule has 152 valence electrons. The van der Waals surface area contributed by atoms with Gasteiger partial charge in [-0.1, -0.05) is 32.0 Å². The average Bonchev–Trinajstić information content (AvgIpc) is 3.07. The Bertz CT molecular complexity index is 846. The molecular formula is C20H28N4O4. The number of aromatic nitrogens is 1. The molecule has 0 bridgehead atoms. The van der Waals surface area contributed by atoms with E-state index in [1.165, 1.54) is 7.05 Å². The smallest absolute Gasteiger partial charge is 0.247 e. The number of aromatic amines is 1. The van der Waals surface area contributed by atoms with Crippen molar-refractivity contribution in [2.45, 2.75) is 38.8 Å². The predicted molar refractivity (Wildman–Crippen MR) is 106 cm³/mol. The number of fused-ring (bicyclic) bond motifs is 1. The van der Waals surface area contributed by atoms with Crippen molar-refractivity contribution in [2.24, 2.45) is 17.6 Å². The number of aliphatic hydroxyl groups excluding tert-OH is 1. The van der Waals surface area contributed by atoms with Gasteiger partial charge in [-0.2, -0.15) is 0 Å². The lowest BCUT2D eigenvalue weighted by Crippen LogP contribution is -2.52. The Labute approximate surface area is 163 Å². The molecule has 0 saturated carbocycles. The minimum atomic E-state index is -1.61. The topological polar surface area (TPSA) is 137 Å². The number of amides is 3. The van der Waals surface area contributed by atoms with E-state index in [1.807, 2.05) is 38.1 Å². The van der Waals surface area contributed by atoms with Crippen molar-refractivity contribution < 1.29 is 19.5 Å². The second-order valence-corrected chi connectivity index (χ2v) is 7.32. The summed E-state index contributed by atoms with van der Waals surface area (Å²) in [7, 11) is 1.49. The van der Waals surface area contributed by atoms with Crippen LogP contribution in [0, 0.1) is 11.8 Å². The van der Waals surface area contributed by atoms with E-state index in [-0.39, 0.29) is 24.7 Å². The maximum Gasteiger partial charge on any atom is 0.247 e. The number of H-pyrrole nitrogens is 1. The molecule has 0 spiro atoms. The molecule has 3 amide bonds. The SMILES string of the molecule is CNC(=O)C(Cc1c[nH]c2ccccc12)NC(=O)C(CC(C)C)C(O)C(N)=O. The molecule has 0 radical (unpaired) electrons. The summed E-state index contributed by atoms with van der Waals surface area (Å²) in [5.74, 6) is -2.87. The van der Waals surface area contributed by atoms with Crippen molar-refractivity contribution >= 4 is 28.6 Å². The molecule has 2 rings (SSSR count). The van der Waals surface area contributed by atoms with Gasteiger partial charge in [-0.05, 0) is 24.0 Å². The zero-order valence-corrected chi connectivity index (χ0v) is 16.4. The summed E-state index contributed by atoms with van der Waals surface area (Å²) < 4.78 is 0. The molecule has 28 heavy (non-hydrogen) atoms. The van der Waals surface area contributed by atoms with Gasteiger partial charge >= 0.3 is 0 Å². The summed E-state index contributed by atoms with van der Waals surface area (Å²) in [4.78, 5) is 39.7. The van der Waals surface area contributed by atoms with Crippen molar-refractivity contribution in [1.82, 2.24) is 15.6 Å². The van der Waals surface area contributed by atoms with Crippen LogP contribution in [-0.4, -0.2) is 47.0 Å². The third kappa shape index (κ3) is 5.10. The fourth-order valence-corrected chi connectivity index (χ4v) is 3.27. The number of hydrogen-bond acceptors (Lipinski definition) is 4. The molecule has 8 nitrogen and oxygen atoms in total. The van der Waals surface area contributed by atoms with Gasteiger partial charge in [0.25, 0.3) is 0 Å². The summed E-state index contributed by atoms with van der Waals surface area (Å²) in [5.41, 5.74) is 6.99. The lowest BCUT2D eigenvalue weighted by Gasteiger charge is -2.25. The van der Waals surface area contributed by atoms with E-state index in [2.05, 4.69) is 15.6 Å². The predicted octanol–water partition coefficient (Wildman–Crippen LogP) is 0.450. The minimum absolute atomic E-state index is 0.0526. The van der Waals surface area contributed by atoms with Gasteiger partial charge < -0.3 is 26.5 Å². The highest BCUT2D eigenvalue weighted by Crippen LogP contribution is 2.20. The number of nitrogens with one attached hydrogen (secondary N) is 3. The Hall–Kier alpha value is -2.87. The van der Waals surface area contributed by atoms with Crippen LogP contribution in [0.25, 0.3) is 10.9 Å². The fourth-order valence-electron chi connectivity index (χ4n) is 3.27. The van der Waals surface area contributed by atoms with Gasteiger partial charge in [0.05, 0.1) is 5.92 Å². The molecule has 6 N–H and O–H groups in total. The molecule has 3 atom stereocenters. The molecule has 1 aromatic heterocycles. The monoisotopic (exact) mass is 388 g/mol. The van der Waals surface area contributed by atoms with Gasteiger partial charge in [-0.3, -0.25) is 14.4 Å². The van der Waals surface area contributed by atoms with Crippen molar-refractivity contribution in [3.63, 3.8) is 0 Å². The maximum absolute atomic E-state index is 12.8. The number of primary amides is 1. The summed E-state index contributed by atoms with van der Waals surface area (Å²) in [5, 5.41) is 16.3. The van der Waals surface area contributed by atoms with Crippen molar-refractivity contribution in [3.05, 3.63) is 36.0 Å². The normalized spacial score (nSPS) is 14.5. The second kappa shape index (κ2) is 9.36. The largest absolute Gasteiger partial charge is 0.382 e. The first kappa shape index (κ1) is 21.4. The van der Waals surface area contributed by atoms with E-state index in [0.717, 1.165) is 16.5 Å². The first-order valence-corrected chi connectivity index (χ1v) is 9.28. The lowest BCUT2D eigenvalue weighted by molar-refractivity contribution is -0.140. The maximum atomic E-state index is 12.8. The van der Waals surface area contributed by atoms with Gasteiger partial charge in [0.15, 0.2) is 0 Å². The third-order valence-electron chi connectivity index (χ3n) is 4.71. The number of rotatable bonds is 9. The van der Waals surface area contributed by atoms with Gasteiger partial charge in [-0.25, -0.2) is 0 Å². The summed E-state index contributed by atoms with van der Waals surface area (Å²) in [6.45, 7) is 3.74. The summed E-state index contributed by atoms with van der Waals surface area (Å²) in [6.07, 6.45) is 0.720. The van der Waals surface area contributed by atoms with E-state index < -0.39 is 29.9 Å². The molecule has 1 aromatic carbocycles. The molecule has 0 saturated heterocycles.